The lowest BCUT2D eigenvalue weighted by atomic mass is 10.1. The van der Waals surface area contributed by atoms with Crippen LogP contribution in [0.5, 0.6) is 0 Å². The predicted octanol–water partition coefficient (Wildman–Crippen LogP) is 3.69. The molecule has 21 heavy (non-hydrogen) atoms. The highest BCUT2D eigenvalue weighted by molar-refractivity contribution is 7.80. The summed E-state index contributed by atoms with van der Waals surface area (Å²) in [6.07, 6.45) is 1.77. The summed E-state index contributed by atoms with van der Waals surface area (Å²) in [6.45, 7) is 2.00. The molecule has 0 radical (unpaired) electrons. The Hall–Kier alpha value is -2.40. The van der Waals surface area contributed by atoms with Gasteiger partial charge in [-0.3, -0.25) is 4.68 Å². The molecule has 0 spiro atoms. The highest BCUT2D eigenvalue weighted by Gasteiger charge is 2.07. The standard InChI is InChI=1S/C16H16N4S/c1-11-15(10-17-20(11)2)19-16(21)18-14-9-5-7-12-6-3-4-8-13(12)14/h3-10H,1-2H3,(H2,18,19,21). The number of nitrogens with zero attached hydrogens (tertiary/aromatic N) is 2. The molecule has 0 amide bonds. The first-order valence-electron chi connectivity index (χ1n) is 6.69. The third kappa shape index (κ3) is 2.73. The lowest BCUT2D eigenvalue weighted by Gasteiger charge is -2.12. The van der Waals surface area contributed by atoms with Gasteiger partial charge < -0.3 is 10.6 Å². The van der Waals surface area contributed by atoms with Crippen LogP contribution in [0.3, 0.4) is 0 Å². The summed E-state index contributed by atoms with van der Waals surface area (Å²) in [4.78, 5) is 0. The molecule has 0 aliphatic carbocycles. The fourth-order valence-corrected chi connectivity index (χ4v) is 2.45. The van der Waals surface area contributed by atoms with Crippen LogP contribution in [0.4, 0.5) is 11.4 Å². The number of aromatic nitrogens is 2. The zero-order chi connectivity index (χ0) is 14.8. The van der Waals surface area contributed by atoms with Crippen molar-refractivity contribution in [3.63, 3.8) is 0 Å². The van der Waals surface area contributed by atoms with E-state index in [1.807, 2.05) is 42.9 Å². The number of anilines is 2. The van der Waals surface area contributed by atoms with Gasteiger partial charge in [0.1, 0.15) is 0 Å². The third-order valence-corrected chi connectivity index (χ3v) is 3.73. The maximum Gasteiger partial charge on any atom is 0.175 e. The Labute approximate surface area is 128 Å². The SMILES string of the molecule is Cc1c(NC(=S)Nc2cccc3ccccc23)cnn1C. The van der Waals surface area contributed by atoms with Crippen molar-refractivity contribution in [2.75, 3.05) is 10.6 Å². The molecule has 0 saturated heterocycles. The molecule has 0 unspecified atom stereocenters. The number of hydrogen-bond donors (Lipinski definition) is 2. The number of hydrogen-bond acceptors (Lipinski definition) is 2. The molecule has 0 aliphatic heterocycles. The quantitative estimate of drug-likeness (QED) is 0.708. The Balaban J connectivity index is 1.82. The van der Waals surface area contributed by atoms with Crippen molar-refractivity contribution in [1.29, 1.82) is 0 Å². The van der Waals surface area contributed by atoms with E-state index in [0.717, 1.165) is 22.5 Å². The Morgan fingerprint density at radius 2 is 1.76 bits per heavy atom. The Morgan fingerprint density at radius 1 is 1.05 bits per heavy atom. The molecular weight excluding hydrogens is 280 g/mol. The van der Waals surface area contributed by atoms with Gasteiger partial charge in [-0.2, -0.15) is 5.10 Å². The van der Waals surface area contributed by atoms with Gasteiger partial charge in [-0.05, 0) is 30.6 Å². The molecule has 1 heterocycles. The number of fused-ring (bicyclic) bond motifs is 1. The summed E-state index contributed by atoms with van der Waals surface area (Å²) in [7, 11) is 1.90. The number of benzene rings is 2. The van der Waals surface area contributed by atoms with Gasteiger partial charge in [0, 0.05) is 18.1 Å². The number of nitrogens with one attached hydrogen (secondary N) is 2. The van der Waals surface area contributed by atoms with Crippen LogP contribution in [0.1, 0.15) is 5.69 Å². The highest BCUT2D eigenvalue weighted by Crippen LogP contribution is 2.23. The summed E-state index contributed by atoms with van der Waals surface area (Å²) in [5.74, 6) is 0. The second-order valence-corrected chi connectivity index (χ2v) is 5.28. The van der Waals surface area contributed by atoms with E-state index in [-0.39, 0.29) is 0 Å². The predicted molar refractivity (Wildman–Crippen MR) is 91.7 cm³/mol. The maximum atomic E-state index is 5.39. The van der Waals surface area contributed by atoms with Gasteiger partial charge in [0.15, 0.2) is 5.11 Å². The van der Waals surface area contributed by atoms with Crippen molar-refractivity contribution < 1.29 is 0 Å². The smallest absolute Gasteiger partial charge is 0.175 e. The average Bonchev–Trinajstić information content (AvgIpc) is 2.80. The fraction of sp³-hybridized carbons (Fsp3) is 0.125. The zero-order valence-electron chi connectivity index (χ0n) is 11.9. The minimum atomic E-state index is 0.558. The minimum absolute atomic E-state index is 0.558. The van der Waals surface area contributed by atoms with E-state index in [4.69, 9.17) is 12.2 Å². The summed E-state index contributed by atoms with van der Waals surface area (Å²) < 4.78 is 1.81. The number of thiocarbonyl (C=S) groups is 1. The Kier molecular flexibility index (Phi) is 3.58. The van der Waals surface area contributed by atoms with Crippen LogP contribution in [0.25, 0.3) is 10.8 Å². The molecule has 0 atom stereocenters. The first kappa shape index (κ1) is 13.6. The van der Waals surface area contributed by atoms with E-state index in [9.17, 15) is 0 Å². The first-order valence-corrected chi connectivity index (χ1v) is 7.10. The van der Waals surface area contributed by atoms with Crippen molar-refractivity contribution >= 4 is 39.5 Å². The zero-order valence-corrected chi connectivity index (χ0v) is 12.7. The summed E-state index contributed by atoms with van der Waals surface area (Å²) in [5, 5.41) is 13.5. The third-order valence-electron chi connectivity index (χ3n) is 3.52. The van der Waals surface area contributed by atoms with Gasteiger partial charge in [0.05, 0.1) is 17.6 Å². The van der Waals surface area contributed by atoms with Crippen molar-refractivity contribution in [2.45, 2.75) is 6.92 Å². The number of aryl methyl sites for hydroxylation is 1. The molecule has 3 aromatic rings. The monoisotopic (exact) mass is 296 g/mol. The first-order chi connectivity index (χ1) is 10.1. The van der Waals surface area contributed by atoms with Crippen LogP contribution in [0.2, 0.25) is 0 Å². The molecule has 5 heteroatoms. The summed E-state index contributed by atoms with van der Waals surface area (Å²) in [6, 6.07) is 14.3. The average molecular weight is 296 g/mol. The molecule has 106 valence electrons. The van der Waals surface area contributed by atoms with E-state index in [1.54, 1.807) is 6.20 Å². The van der Waals surface area contributed by atoms with Crippen molar-refractivity contribution in [1.82, 2.24) is 9.78 Å². The van der Waals surface area contributed by atoms with E-state index < -0.39 is 0 Å². The molecule has 0 fully saturated rings. The van der Waals surface area contributed by atoms with Gasteiger partial charge in [0.25, 0.3) is 0 Å². The van der Waals surface area contributed by atoms with Gasteiger partial charge in [-0.25, -0.2) is 0 Å². The van der Waals surface area contributed by atoms with Crippen molar-refractivity contribution in [3.05, 3.63) is 54.4 Å². The molecule has 4 nitrogen and oxygen atoms in total. The van der Waals surface area contributed by atoms with Crippen LogP contribution in [-0.2, 0) is 7.05 Å². The molecule has 3 rings (SSSR count). The molecule has 2 aromatic carbocycles. The molecule has 2 N–H and O–H groups in total. The Bertz CT molecular complexity index is 802. The topological polar surface area (TPSA) is 41.9 Å². The van der Waals surface area contributed by atoms with Crippen LogP contribution in [0.15, 0.2) is 48.7 Å². The van der Waals surface area contributed by atoms with E-state index in [0.29, 0.717) is 5.11 Å². The lowest BCUT2D eigenvalue weighted by Crippen LogP contribution is -2.19. The largest absolute Gasteiger partial charge is 0.332 e. The molecule has 0 bridgehead atoms. The minimum Gasteiger partial charge on any atom is -0.332 e. The van der Waals surface area contributed by atoms with Crippen LogP contribution >= 0.6 is 12.2 Å². The van der Waals surface area contributed by atoms with Crippen LogP contribution < -0.4 is 10.6 Å². The maximum absolute atomic E-state index is 5.39. The molecule has 1 aromatic heterocycles. The van der Waals surface area contributed by atoms with Crippen LogP contribution in [-0.4, -0.2) is 14.9 Å². The lowest BCUT2D eigenvalue weighted by molar-refractivity contribution is 0.740. The van der Waals surface area contributed by atoms with Crippen molar-refractivity contribution in [3.8, 4) is 0 Å². The van der Waals surface area contributed by atoms with Gasteiger partial charge in [0.2, 0.25) is 0 Å². The molecule has 0 saturated carbocycles. The second kappa shape index (κ2) is 5.54. The molecule has 0 aliphatic rings. The number of rotatable bonds is 2. The molecular formula is C16H16N4S. The Morgan fingerprint density at radius 3 is 2.52 bits per heavy atom. The summed E-state index contributed by atoms with van der Waals surface area (Å²) >= 11 is 5.39. The fourth-order valence-electron chi connectivity index (χ4n) is 2.23. The van der Waals surface area contributed by atoms with Crippen molar-refractivity contribution in [2.24, 2.45) is 7.05 Å². The van der Waals surface area contributed by atoms with Gasteiger partial charge >= 0.3 is 0 Å². The van der Waals surface area contributed by atoms with E-state index in [2.05, 4.69) is 33.9 Å². The van der Waals surface area contributed by atoms with Crippen LogP contribution in [0, 0.1) is 6.92 Å². The highest BCUT2D eigenvalue weighted by atomic mass is 32.1. The van der Waals surface area contributed by atoms with Gasteiger partial charge in [-0.1, -0.05) is 36.4 Å². The van der Waals surface area contributed by atoms with Gasteiger partial charge in [-0.15, -0.1) is 0 Å². The summed E-state index contributed by atoms with van der Waals surface area (Å²) in [5.41, 5.74) is 2.94. The second-order valence-electron chi connectivity index (χ2n) is 4.87. The van der Waals surface area contributed by atoms with E-state index >= 15 is 0 Å². The normalized spacial score (nSPS) is 10.6. The van der Waals surface area contributed by atoms with E-state index in [1.165, 1.54) is 5.39 Å².